The van der Waals surface area contributed by atoms with E-state index in [0.29, 0.717) is 31.3 Å². The Bertz CT molecular complexity index is 1320. The van der Waals surface area contributed by atoms with Gasteiger partial charge in [0.2, 0.25) is 10.0 Å². The molecular weight excluding hydrogens is 492 g/mol. The number of hydrogen-bond donors (Lipinski definition) is 1. The van der Waals surface area contributed by atoms with Crippen LogP contribution in [-0.4, -0.2) is 61.2 Å². The van der Waals surface area contributed by atoms with Crippen molar-refractivity contribution in [2.24, 2.45) is 0 Å². The fourth-order valence-corrected chi connectivity index (χ4v) is 6.17. The van der Waals surface area contributed by atoms with Crippen LogP contribution in [0, 0.1) is 13.8 Å². The summed E-state index contributed by atoms with van der Waals surface area (Å²) in [4.78, 5) is 19.8. The number of likely N-dealkylation sites (N-methyl/N-ethyl adjacent to an activating group) is 1. The molecule has 0 radical (unpaired) electrons. The Balaban J connectivity index is 1.52. The number of carbonyl (C=O) groups excluding carboxylic acids is 1. The second-order valence-electron chi connectivity index (χ2n) is 8.27. The third kappa shape index (κ3) is 5.18. The molecule has 1 aliphatic heterocycles. The number of hydrogen-bond acceptors (Lipinski definition) is 6. The zero-order valence-electron chi connectivity index (χ0n) is 19.3. The number of piperazine rings is 1. The third-order valence-corrected chi connectivity index (χ3v) is 9.11. The molecule has 0 spiro atoms. The summed E-state index contributed by atoms with van der Waals surface area (Å²) in [7, 11) is -3.72. The lowest BCUT2D eigenvalue weighted by molar-refractivity contribution is 0.102. The first-order chi connectivity index (χ1) is 16.2. The smallest absolute Gasteiger partial charge is 0.259 e. The number of aryl methyl sites for hydroxylation is 2. The molecule has 4 rings (SSSR count). The first kappa shape index (κ1) is 24.8. The molecule has 0 bridgehead atoms. The summed E-state index contributed by atoms with van der Waals surface area (Å²) in [6.07, 6.45) is 0. The van der Waals surface area contributed by atoms with Crippen LogP contribution in [0.25, 0.3) is 11.3 Å². The Hall–Kier alpha value is -2.30. The van der Waals surface area contributed by atoms with Gasteiger partial charge >= 0.3 is 0 Å². The van der Waals surface area contributed by atoms with E-state index >= 15 is 0 Å². The van der Waals surface area contributed by atoms with E-state index < -0.39 is 15.9 Å². The van der Waals surface area contributed by atoms with Crippen LogP contribution in [0.15, 0.2) is 46.7 Å². The first-order valence-electron chi connectivity index (χ1n) is 11.1. The Morgan fingerprint density at radius 3 is 2.50 bits per heavy atom. The number of rotatable bonds is 6. The second-order valence-corrected chi connectivity index (χ2v) is 11.5. The van der Waals surface area contributed by atoms with E-state index in [1.165, 1.54) is 39.4 Å². The minimum Gasteiger partial charge on any atom is -0.301 e. The van der Waals surface area contributed by atoms with Crippen molar-refractivity contribution in [3.8, 4) is 11.3 Å². The van der Waals surface area contributed by atoms with Crippen molar-refractivity contribution in [1.29, 1.82) is 0 Å². The van der Waals surface area contributed by atoms with Gasteiger partial charge in [-0.25, -0.2) is 13.4 Å². The number of sulfonamides is 1. The van der Waals surface area contributed by atoms with Crippen LogP contribution in [0.4, 0.5) is 5.13 Å². The molecule has 0 unspecified atom stereocenters. The molecule has 2 heterocycles. The fourth-order valence-electron chi connectivity index (χ4n) is 3.80. The van der Waals surface area contributed by atoms with Crippen molar-refractivity contribution in [3.63, 3.8) is 0 Å². The molecule has 1 fully saturated rings. The van der Waals surface area contributed by atoms with Gasteiger partial charge in [-0.05, 0) is 55.8 Å². The van der Waals surface area contributed by atoms with E-state index in [1.54, 1.807) is 0 Å². The highest BCUT2D eigenvalue weighted by molar-refractivity contribution is 7.89. The van der Waals surface area contributed by atoms with E-state index in [4.69, 9.17) is 11.6 Å². The number of nitrogens with one attached hydrogen (secondary N) is 1. The first-order valence-corrected chi connectivity index (χ1v) is 13.8. The molecule has 1 saturated heterocycles. The zero-order chi connectivity index (χ0) is 24.5. The van der Waals surface area contributed by atoms with Crippen molar-refractivity contribution < 1.29 is 13.2 Å². The van der Waals surface area contributed by atoms with Gasteiger partial charge in [0, 0.05) is 37.1 Å². The quantitative estimate of drug-likeness (QED) is 0.513. The van der Waals surface area contributed by atoms with Crippen molar-refractivity contribution >= 4 is 44.0 Å². The Labute approximate surface area is 209 Å². The summed E-state index contributed by atoms with van der Waals surface area (Å²) in [5, 5.41) is 5.22. The lowest BCUT2D eigenvalue weighted by atomic mass is 10.1. The minimum atomic E-state index is -3.72. The molecule has 1 N–H and O–H groups in total. The predicted molar refractivity (Wildman–Crippen MR) is 137 cm³/mol. The monoisotopic (exact) mass is 518 g/mol. The van der Waals surface area contributed by atoms with E-state index in [2.05, 4.69) is 35.1 Å². The highest BCUT2D eigenvalue weighted by Gasteiger charge is 2.29. The van der Waals surface area contributed by atoms with Gasteiger partial charge < -0.3 is 4.90 Å². The number of anilines is 1. The number of benzene rings is 2. The Morgan fingerprint density at radius 2 is 1.82 bits per heavy atom. The lowest BCUT2D eigenvalue weighted by Crippen LogP contribution is -2.48. The predicted octanol–water partition coefficient (Wildman–Crippen LogP) is 4.66. The molecule has 2 aromatic carbocycles. The molecule has 0 atom stereocenters. The number of amides is 1. The highest BCUT2D eigenvalue weighted by Crippen LogP contribution is 2.28. The largest absolute Gasteiger partial charge is 0.301 e. The van der Waals surface area contributed by atoms with E-state index in [-0.39, 0.29) is 15.5 Å². The van der Waals surface area contributed by atoms with Crippen LogP contribution in [0.2, 0.25) is 5.02 Å². The Kier molecular flexibility index (Phi) is 7.39. The Morgan fingerprint density at radius 1 is 1.09 bits per heavy atom. The maximum atomic E-state index is 13.2. The lowest BCUT2D eigenvalue weighted by Gasteiger charge is -2.33. The topological polar surface area (TPSA) is 82.6 Å². The number of aromatic nitrogens is 1. The van der Waals surface area contributed by atoms with Gasteiger partial charge in [0.1, 0.15) is 0 Å². The third-order valence-electron chi connectivity index (χ3n) is 6.13. The summed E-state index contributed by atoms with van der Waals surface area (Å²) in [6, 6.07) is 10.3. The number of thiazole rings is 1. The van der Waals surface area contributed by atoms with Crippen molar-refractivity contribution in [2.75, 3.05) is 38.0 Å². The average Bonchev–Trinajstić information content (AvgIpc) is 3.29. The van der Waals surface area contributed by atoms with E-state index in [1.807, 2.05) is 24.4 Å². The highest BCUT2D eigenvalue weighted by atomic mass is 35.5. The molecule has 1 aliphatic rings. The van der Waals surface area contributed by atoms with Crippen LogP contribution >= 0.6 is 22.9 Å². The van der Waals surface area contributed by atoms with Crippen LogP contribution < -0.4 is 5.32 Å². The summed E-state index contributed by atoms with van der Waals surface area (Å²) in [6.45, 7) is 9.24. The number of nitrogens with zero attached hydrogens (tertiary/aromatic N) is 3. The van der Waals surface area contributed by atoms with Gasteiger partial charge in [0.05, 0.1) is 21.2 Å². The summed E-state index contributed by atoms with van der Waals surface area (Å²) < 4.78 is 27.8. The number of carbonyl (C=O) groups is 1. The van der Waals surface area contributed by atoms with Crippen LogP contribution in [0.3, 0.4) is 0 Å². The second kappa shape index (κ2) is 10.1. The van der Waals surface area contributed by atoms with Crippen LogP contribution in [0.1, 0.15) is 28.4 Å². The van der Waals surface area contributed by atoms with Gasteiger partial charge in [0.25, 0.3) is 5.91 Å². The van der Waals surface area contributed by atoms with Crippen molar-refractivity contribution in [3.05, 3.63) is 63.5 Å². The van der Waals surface area contributed by atoms with Gasteiger partial charge in [-0.15, -0.1) is 11.3 Å². The van der Waals surface area contributed by atoms with E-state index in [0.717, 1.165) is 23.4 Å². The standard InChI is InChI=1S/C24H27ClN4O3S2/c1-4-28-9-11-29(12-10-28)34(31,32)19-7-8-21(25)20(14-19)23(30)27-24-26-22(15-33-24)18-6-5-16(2)17(3)13-18/h5-8,13-15H,4,9-12H2,1-3H3,(H,26,27,30). The molecule has 10 heteroatoms. The minimum absolute atomic E-state index is 0.0574. The fraction of sp³-hybridized carbons (Fsp3) is 0.333. The van der Waals surface area contributed by atoms with Crippen LogP contribution in [-0.2, 0) is 10.0 Å². The molecule has 180 valence electrons. The average molecular weight is 519 g/mol. The molecule has 7 nitrogen and oxygen atoms in total. The van der Waals surface area contributed by atoms with Crippen molar-refractivity contribution in [2.45, 2.75) is 25.7 Å². The zero-order valence-corrected chi connectivity index (χ0v) is 21.7. The summed E-state index contributed by atoms with van der Waals surface area (Å²) in [5.74, 6) is -0.501. The molecule has 0 aliphatic carbocycles. The molecule has 34 heavy (non-hydrogen) atoms. The van der Waals surface area contributed by atoms with E-state index in [9.17, 15) is 13.2 Å². The van der Waals surface area contributed by atoms with Gasteiger partial charge in [0.15, 0.2) is 5.13 Å². The molecule has 1 amide bonds. The SMILES string of the molecule is CCN1CCN(S(=O)(=O)c2ccc(Cl)c(C(=O)Nc3nc(-c4ccc(C)c(C)c4)cs3)c2)CC1. The maximum absolute atomic E-state index is 13.2. The van der Waals surface area contributed by atoms with Gasteiger partial charge in [-0.2, -0.15) is 4.31 Å². The molecular formula is C24H27ClN4O3S2. The van der Waals surface area contributed by atoms with Gasteiger partial charge in [-0.1, -0.05) is 30.7 Å². The van der Waals surface area contributed by atoms with Crippen molar-refractivity contribution in [1.82, 2.24) is 14.2 Å². The summed E-state index contributed by atoms with van der Waals surface area (Å²) in [5.41, 5.74) is 4.19. The normalized spacial score (nSPS) is 15.4. The summed E-state index contributed by atoms with van der Waals surface area (Å²) >= 11 is 7.57. The maximum Gasteiger partial charge on any atom is 0.259 e. The molecule has 0 saturated carbocycles. The molecule has 3 aromatic rings. The number of halogens is 1. The van der Waals surface area contributed by atoms with Gasteiger partial charge in [-0.3, -0.25) is 10.1 Å². The van der Waals surface area contributed by atoms with Crippen LogP contribution in [0.5, 0.6) is 0 Å². The molecule has 1 aromatic heterocycles.